The highest BCUT2D eigenvalue weighted by molar-refractivity contribution is 6.05. The first kappa shape index (κ1) is 16.6. The molecule has 3 heterocycles. The summed E-state index contributed by atoms with van der Waals surface area (Å²) in [5.74, 6) is -1.47. The van der Waals surface area contributed by atoms with E-state index in [1.165, 1.54) is 0 Å². The highest BCUT2D eigenvalue weighted by atomic mass is 16.5. The molecule has 0 aliphatic carbocycles. The summed E-state index contributed by atoms with van der Waals surface area (Å²) in [6.07, 6.45) is 2.77. The number of likely N-dealkylation sites (tertiary alicyclic amines) is 1. The number of benzene rings is 1. The van der Waals surface area contributed by atoms with Crippen LogP contribution in [0.4, 0.5) is 11.4 Å². The lowest BCUT2D eigenvalue weighted by Crippen LogP contribution is -2.43. The van der Waals surface area contributed by atoms with Gasteiger partial charge in [0.05, 0.1) is 16.9 Å². The molecule has 0 unspecified atom stereocenters. The number of ether oxygens (including phenoxy) is 1. The van der Waals surface area contributed by atoms with Crippen LogP contribution < -0.4 is 10.2 Å². The van der Waals surface area contributed by atoms with Crippen LogP contribution in [0.3, 0.4) is 0 Å². The number of carbonyl (C=O) groups excluding carboxylic acids is 4. The Bertz CT molecular complexity index is 806. The van der Waals surface area contributed by atoms with Gasteiger partial charge in [-0.3, -0.25) is 19.3 Å². The van der Waals surface area contributed by atoms with E-state index >= 15 is 0 Å². The average molecular weight is 357 g/mol. The van der Waals surface area contributed by atoms with Gasteiger partial charge in [-0.25, -0.2) is 4.79 Å². The van der Waals surface area contributed by atoms with Crippen molar-refractivity contribution >= 4 is 35.1 Å². The smallest absolute Gasteiger partial charge is 0.338 e. The summed E-state index contributed by atoms with van der Waals surface area (Å²) in [6, 6.07) is 4.83. The number of amides is 3. The van der Waals surface area contributed by atoms with Crippen LogP contribution >= 0.6 is 0 Å². The first-order valence-corrected chi connectivity index (χ1v) is 8.76. The van der Waals surface area contributed by atoms with Crippen molar-refractivity contribution in [3.05, 3.63) is 23.8 Å². The monoisotopic (exact) mass is 357 g/mol. The molecule has 4 rings (SSSR count). The predicted molar refractivity (Wildman–Crippen MR) is 91.7 cm³/mol. The van der Waals surface area contributed by atoms with Crippen molar-refractivity contribution < 1.29 is 23.9 Å². The Morgan fingerprint density at radius 1 is 1.19 bits per heavy atom. The number of rotatable bonds is 3. The number of hydrogen-bond donors (Lipinski definition) is 1. The van der Waals surface area contributed by atoms with Crippen LogP contribution in [0.15, 0.2) is 18.2 Å². The van der Waals surface area contributed by atoms with Gasteiger partial charge in [0.15, 0.2) is 6.61 Å². The van der Waals surface area contributed by atoms with E-state index in [-0.39, 0.29) is 23.4 Å². The third-order valence-corrected chi connectivity index (χ3v) is 5.06. The zero-order chi connectivity index (χ0) is 18.3. The fraction of sp³-hybridized carbons (Fsp3) is 0.444. The Kier molecular flexibility index (Phi) is 4.10. The van der Waals surface area contributed by atoms with Gasteiger partial charge in [-0.15, -0.1) is 0 Å². The van der Waals surface area contributed by atoms with E-state index in [0.717, 1.165) is 30.0 Å². The molecule has 8 nitrogen and oxygen atoms in total. The van der Waals surface area contributed by atoms with Gasteiger partial charge in [0.25, 0.3) is 5.91 Å². The van der Waals surface area contributed by atoms with E-state index in [0.29, 0.717) is 25.1 Å². The maximum absolute atomic E-state index is 12.2. The molecule has 1 aromatic carbocycles. The van der Waals surface area contributed by atoms with Crippen molar-refractivity contribution in [1.82, 2.24) is 4.90 Å². The lowest BCUT2D eigenvalue weighted by Gasteiger charge is -2.33. The van der Waals surface area contributed by atoms with E-state index in [1.54, 1.807) is 18.2 Å². The zero-order valence-electron chi connectivity index (χ0n) is 14.2. The molecule has 0 spiro atoms. The van der Waals surface area contributed by atoms with Crippen LogP contribution in [0.1, 0.15) is 36.0 Å². The van der Waals surface area contributed by atoms with Crippen LogP contribution in [-0.2, 0) is 19.1 Å². The van der Waals surface area contributed by atoms with E-state index in [9.17, 15) is 19.2 Å². The second-order valence-corrected chi connectivity index (χ2v) is 6.69. The average Bonchev–Trinajstić information content (AvgIpc) is 3.28. The van der Waals surface area contributed by atoms with Crippen LogP contribution in [-0.4, -0.2) is 54.3 Å². The Morgan fingerprint density at radius 2 is 2.04 bits per heavy atom. The molecule has 26 heavy (non-hydrogen) atoms. The predicted octanol–water partition coefficient (Wildman–Crippen LogP) is 0.913. The van der Waals surface area contributed by atoms with E-state index < -0.39 is 18.5 Å². The van der Waals surface area contributed by atoms with Gasteiger partial charge in [0.2, 0.25) is 11.8 Å². The Morgan fingerprint density at radius 3 is 2.81 bits per heavy atom. The Balaban J connectivity index is 1.44. The molecule has 3 amide bonds. The molecule has 0 saturated carbocycles. The summed E-state index contributed by atoms with van der Waals surface area (Å²) in [4.78, 5) is 51.1. The number of imide groups is 1. The van der Waals surface area contributed by atoms with Crippen LogP contribution in [0.2, 0.25) is 0 Å². The first-order chi connectivity index (χ1) is 12.5. The molecule has 2 saturated heterocycles. The fourth-order valence-electron chi connectivity index (χ4n) is 3.76. The van der Waals surface area contributed by atoms with Crippen molar-refractivity contribution in [3.8, 4) is 0 Å². The summed E-state index contributed by atoms with van der Waals surface area (Å²) in [6.45, 7) is 0.715. The van der Waals surface area contributed by atoms with E-state index in [2.05, 4.69) is 5.32 Å². The maximum Gasteiger partial charge on any atom is 0.338 e. The standard InChI is InChI=1S/C18H19N3O5/c22-15-4-2-8-21(15)16(23)10-26-18(25)11-5-6-13-12(9-11)19-17(24)14-3-1-7-20(13)14/h5-6,9,14H,1-4,7-8,10H2,(H,19,24)/t14-/m1/s1. The SMILES string of the molecule is O=C(OCC(=O)N1CCCC1=O)c1ccc2c(c1)NC(=O)[C@H]1CCCN21. The Hall–Kier alpha value is -2.90. The molecule has 0 bridgehead atoms. The molecule has 0 aromatic heterocycles. The quantitative estimate of drug-likeness (QED) is 0.808. The molecular weight excluding hydrogens is 338 g/mol. The molecule has 1 atom stereocenters. The molecule has 3 aliphatic rings. The van der Waals surface area contributed by atoms with Crippen molar-refractivity contribution in [2.75, 3.05) is 29.9 Å². The number of hydrogen-bond acceptors (Lipinski definition) is 6. The molecule has 136 valence electrons. The largest absolute Gasteiger partial charge is 0.452 e. The lowest BCUT2D eigenvalue weighted by molar-refractivity contribution is -0.143. The van der Waals surface area contributed by atoms with Crippen molar-refractivity contribution in [3.63, 3.8) is 0 Å². The number of fused-ring (bicyclic) bond motifs is 3. The minimum Gasteiger partial charge on any atom is -0.452 e. The van der Waals surface area contributed by atoms with Gasteiger partial charge in [-0.05, 0) is 37.5 Å². The number of anilines is 2. The minimum atomic E-state index is -0.661. The molecule has 1 N–H and O–H groups in total. The van der Waals surface area contributed by atoms with Crippen molar-refractivity contribution in [2.24, 2.45) is 0 Å². The third-order valence-electron chi connectivity index (χ3n) is 5.06. The number of esters is 1. The maximum atomic E-state index is 12.2. The normalized spacial score (nSPS) is 21.3. The summed E-state index contributed by atoms with van der Waals surface area (Å²) < 4.78 is 5.05. The van der Waals surface area contributed by atoms with Crippen molar-refractivity contribution in [2.45, 2.75) is 31.7 Å². The van der Waals surface area contributed by atoms with Crippen molar-refractivity contribution in [1.29, 1.82) is 0 Å². The van der Waals surface area contributed by atoms with Crippen LogP contribution in [0.25, 0.3) is 0 Å². The Labute approximate surface area is 150 Å². The van der Waals surface area contributed by atoms with Gasteiger partial charge in [-0.2, -0.15) is 0 Å². The summed E-state index contributed by atoms with van der Waals surface area (Å²) in [5.41, 5.74) is 1.72. The molecule has 3 aliphatic heterocycles. The number of nitrogens with one attached hydrogen (secondary N) is 1. The van der Waals surface area contributed by atoms with Gasteiger partial charge >= 0.3 is 5.97 Å². The second-order valence-electron chi connectivity index (χ2n) is 6.69. The summed E-state index contributed by atoms with van der Waals surface area (Å²) >= 11 is 0. The van der Waals surface area contributed by atoms with E-state index in [4.69, 9.17) is 4.74 Å². The number of carbonyl (C=O) groups is 4. The zero-order valence-corrected chi connectivity index (χ0v) is 14.2. The van der Waals surface area contributed by atoms with Crippen LogP contribution in [0, 0.1) is 0 Å². The molecular formula is C18H19N3O5. The summed E-state index contributed by atoms with van der Waals surface area (Å²) in [5, 5.41) is 2.83. The third kappa shape index (κ3) is 2.81. The molecule has 0 radical (unpaired) electrons. The number of nitrogens with zero attached hydrogens (tertiary/aromatic N) is 2. The van der Waals surface area contributed by atoms with E-state index in [1.807, 2.05) is 4.90 Å². The second kappa shape index (κ2) is 6.44. The van der Waals surface area contributed by atoms with Gasteiger partial charge < -0.3 is 15.0 Å². The van der Waals surface area contributed by atoms with Gasteiger partial charge in [0.1, 0.15) is 6.04 Å². The highest BCUT2D eigenvalue weighted by Crippen LogP contribution is 2.37. The molecule has 8 heteroatoms. The first-order valence-electron chi connectivity index (χ1n) is 8.76. The highest BCUT2D eigenvalue weighted by Gasteiger charge is 2.36. The lowest BCUT2D eigenvalue weighted by atomic mass is 10.1. The summed E-state index contributed by atoms with van der Waals surface area (Å²) in [7, 11) is 0. The van der Waals surface area contributed by atoms with Gasteiger partial charge in [0, 0.05) is 19.5 Å². The van der Waals surface area contributed by atoms with Crippen LogP contribution in [0.5, 0.6) is 0 Å². The molecule has 2 fully saturated rings. The van der Waals surface area contributed by atoms with Gasteiger partial charge in [-0.1, -0.05) is 0 Å². The topological polar surface area (TPSA) is 96.0 Å². The molecule has 1 aromatic rings. The fourth-order valence-corrected chi connectivity index (χ4v) is 3.76. The minimum absolute atomic E-state index is 0.0664.